The van der Waals surface area contributed by atoms with Gasteiger partial charge in [0.05, 0.1) is 0 Å². The maximum atomic E-state index is 9.28. The Bertz CT molecular complexity index is 212. The van der Waals surface area contributed by atoms with Gasteiger partial charge in [-0.1, -0.05) is 6.42 Å². The van der Waals surface area contributed by atoms with Crippen molar-refractivity contribution in [3.05, 3.63) is 0 Å². The highest BCUT2D eigenvalue weighted by molar-refractivity contribution is 4.87. The third kappa shape index (κ3) is 2.76. The van der Waals surface area contributed by atoms with Crippen LogP contribution < -0.4 is 5.32 Å². The summed E-state index contributed by atoms with van der Waals surface area (Å²) in [5.41, 5.74) is 0. The number of nitrogens with one attached hydrogen (secondary N) is 1. The molecular formula is C13H26N2O. The molecule has 1 saturated carbocycles. The molecule has 0 aromatic heterocycles. The molecule has 3 heteroatoms. The number of likely N-dealkylation sites (N-methyl/N-ethyl adjacent to an activating group) is 1. The summed E-state index contributed by atoms with van der Waals surface area (Å²) in [4.78, 5) is 2.43. The zero-order valence-electron chi connectivity index (χ0n) is 10.7. The molecule has 16 heavy (non-hydrogen) atoms. The van der Waals surface area contributed by atoms with Gasteiger partial charge >= 0.3 is 0 Å². The van der Waals surface area contributed by atoms with Gasteiger partial charge in [-0.25, -0.2) is 0 Å². The summed E-state index contributed by atoms with van der Waals surface area (Å²) < 4.78 is 0. The number of aliphatic hydroxyl groups excluding tert-OH is 1. The van der Waals surface area contributed by atoms with Gasteiger partial charge in [0, 0.05) is 25.2 Å². The Hall–Kier alpha value is -0.120. The average Bonchev–Trinajstić information content (AvgIpc) is 2.83. The maximum Gasteiger partial charge on any atom is 0.0462 e. The Morgan fingerprint density at radius 2 is 2.06 bits per heavy atom. The van der Waals surface area contributed by atoms with Crippen LogP contribution in [0.15, 0.2) is 0 Å². The molecule has 0 radical (unpaired) electrons. The molecule has 2 N–H and O–H groups in total. The van der Waals surface area contributed by atoms with Crippen LogP contribution >= 0.6 is 0 Å². The molecule has 1 aliphatic carbocycles. The molecule has 0 spiro atoms. The van der Waals surface area contributed by atoms with Crippen molar-refractivity contribution in [1.82, 2.24) is 10.2 Å². The second-order valence-electron chi connectivity index (χ2n) is 5.76. The van der Waals surface area contributed by atoms with E-state index in [0.717, 1.165) is 12.6 Å². The standard InChI is InChI=1S/C13H26N2O/c1-10-6-13(8-15(10)2)14-7-11-4-3-5-12(11)9-16/h10-14,16H,3-9H2,1-2H3. The lowest BCUT2D eigenvalue weighted by molar-refractivity contribution is 0.190. The van der Waals surface area contributed by atoms with Gasteiger partial charge in [-0.3, -0.25) is 0 Å². The Morgan fingerprint density at radius 3 is 2.69 bits per heavy atom. The molecular weight excluding hydrogens is 200 g/mol. The third-order valence-corrected chi connectivity index (χ3v) is 4.61. The Morgan fingerprint density at radius 1 is 1.31 bits per heavy atom. The van der Waals surface area contributed by atoms with Gasteiger partial charge in [-0.15, -0.1) is 0 Å². The van der Waals surface area contributed by atoms with E-state index in [1.54, 1.807) is 0 Å². The van der Waals surface area contributed by atoms with E-state index in [1.165, 1.54) is 32.2 Å². The minimum atomic E-state index is 0.382. The van der Waals surface area contributed by atoms with Crippen LogP contribution in [0.4, 0.5) is 0 Å². The minimum absolute atomic E-state index is 0.382. The van der Waals surface area contributed by atoms with Crippen molar-refractivity contribution in [1.29, 1.82) is 0 Å². The van der Waals surface area contributed by atoms with E-state index in [0.29, 0.717) is 24.5 Å². The van der Waals surface area contributed by atoms with E-state index in [2.05, 4.69) is 24.2 Å². The van der Waals surface area contributed by atoms with E-state index in [-0.39, 0.29) is 0 Å². The molecule has 0 aromatic rings. The van der Waals surface area contributed by atoms with Crippen LogP contribution in [0.2, 0.25) is 0 Å². The quantitative estimate of drug-likeness (QED) is 0.753. The number of hydrogen-bond donors (Lipinski definition) is 2. The van der Waals surface area contributed by atoms with Gasteiger partial charge in [-0.2, -0.15) is 0 Å². The van der Waals surface area contributed by atoms with E-state index in [1.807, 2.05) is 0 Å². The fraction of sp³-hybridized carbons (Fsp3) is 1.00. The molecule has 1 saturated heterocycles. The zero-order chi connectivity index (χ0) is 11.5. The lowest BCUT2D eigenvalue weighted by atomic mass is 9.96. The van der Waals surface area contributed by atoms with Crippen molar-refractivity contribution < 1.29 is 5.11 Å². The SMILES string of the molecule is CC1CC(NCC2CCCC2CO)CN1C. The molecule has 2 fully saturated rings. The fourth-order valence-electron chi connectivity index (χ4n) is 3.28. The van der Waals surface area contributed by atoms with Gasteiger partial charge < -0.3 is 15.3 Å². The molecule has 94 valence electrons. The van der Waals surface area contributed by atoms with Crippen LogP contribution in [0.25, 0.3) is 0 Å². The monoisotopic (exact) mass is 226 g/mol. The summed E-state index contributed by atoms with van der Waals surface area (Å²) in [5, 5.41) is 13.0. The largest absolute Gasteiger partial charge is 0.396 e. The molecule has 4 unspecified atom stereocenters. The van der Waals surface area contributed by atoms with Crippen LogP contribution in [0.3, 0.4) is 0 Å². The first-order valence-corrected chi connectivity index (χ1v) is 6.75. The summed E-state index contributed by atoms with van der Waals surface area (Å²) in [6.45, 7) is 4.97. The predicted octanol–water partition coefficient (Wildman–Crippen LogP) is 1.08. The highest BCUT2D eigenvalue weighted by Gasteiger charge is 2.29. The Labute approximate surface area is 99.2 Å². The van der Waals surface area contributed by atoms with E-state index in [4.69, 9.17) is 0 Å². The molecule has 0 bridgehead atoms. The van der Waals surface area contributed by atoms with Crippen LogP contribution in [0, 0.1) is 11.8 Å². The molecule has 0 amide bonds. The summed E-state index contributed by atoms with van der Waals surface area (Å²) in [6, 6.07) is 1.38. The molecule has 1 aliphatic heterocycles. The second-order valence-corrected chi connectivity index (χ2v) is 5.76. The highest BCUT2D eigenvalue weighted by Crippen LogP contribution is 2.31. The Kier molecular flexibility index (Phi) is 4.22. The first-order valence-electron chi connectivity index (χ1n) is 6.75. The molecule has 1 heterocycles. The van der Waals surface area contributed by atoms with Gasteiger partial charge in [-0.05, 0) is 51.6 Å². The summed E-state index contributed by atoms with van der Waals surface area (Å²) in [7, 11) is 2.21. The van der Waals surface area contributed by atoms with Crippen LogP contribution in [0.5, 0.6) is 0 Å². The first kappa shape index (κ1) is 12.3. The van der Waals surface area contributed by atoms with Gasteiger partial charge in [0.1, 0.15) is 0 Å². The predicted molar refractivity (Wildman–Crippen MR) is 66.4 cm³/mol. The number of hydrogen-bond acceptors (Lipinski definition) is 3. The number of likely N-dealkylation sites (tertiary alicyclic amines) is 1. The minimum Gasteiger partial charge on any atom is -0.396 e. The van der Waals surface area contributed by atoms with Crippen LogP contribution in [0.1, 0.15) is 32.6 Å². The topological polar surface area (TPSA) is 35.5 Å². The molecule has 0 aromatic carbocycles. The van der Waals surface area contributed by atoms with Gasteiger partial charge in [0.15, 0.2) is 0 Å². The zero-order valence-corrected chi connectivity index (χ0v) is 10.7. The summed E-state index contributed by atoms with van der Waals surface area (Å²) in [5.74, 6) is 1.27. The van der Waals surface area contributed by atoms with Crippen molar-refractivity contribution in [2.45, 2.75) is 44.7 Å². The van der Waals surface area contributed by atoms with Crippen LogP contribution in [-0.4, -0.2) is 48.8 Å². The van der Waals surface area contributed by atoms with Crippen molar-refractivity contribution in [2.24, 2.45) is 11.8 Å². The number of nitrogens with zero attached hydrogens (tertiary/aromatic N) is 1. The maximum absolute atomic E-state index is 9.28. The molecule has 4 atom stereocenters. The average molecular weight is 226 g/mol. The van der Waals surface area contributed by atoms with Crippen molar-refractivity contribution in [2.75, 3.05) is 26.7 Å². The smallest absolute Gasteiger partial charge is 0.0462 e. The van der Waals surface area contributed by atoms with Crippen molar-refractivity contribution in [3.8, 4) is 0 Å². The lowest BCUT2D eigenvalue weighted by Crippen LogP contribution is -2.36. The fourth-order valence-corrected chi connectivity index (χ4v) is 3.28. The number of aliphatic hydroxyl groups is 1. The normalized spacial score (nSPS) is 40.7. The van der Waals surface area contributed by atoms with Crippen molar-refractivity contribution >= 4 is 0 Å². The molecule has 2 rings (SSSR count). The molecule has 3 nitrogen and oxygen atoms in total. The third-order valence-electron chi connectivity index (χ3n) is 4.61. The van der Waals surface area contributed by atoms with Gasteiger partial charge in [0.2, 0.25) is 0 Å². The van der Waals surface area contributed by atoms with Crippen molar-refractivity contribution in [3.63, 3.8) is 0 Å². The molecule has 2 aliphatic rings. The Balaban J connectivity index is 1.71. The second kappa shape index (κ2) is 5.48. The van der Waals surface area contributed by atoms with E-state index < -0.39 is 0 Å². The van der Waals surface area contributed by atoms with E-state index in [9.17, 15) is 5.11 Å². The summed E-state index contributed by atoms with van der Waals surface area (Å²) >= 11 is 0. The number of rotatable bonds is 4. The summed E-state index contributed by atoms with van der Waals surface area (Å²) in [6.07, 6.45) is 5.10. The van der Waals surface area contributed by atoms with Gasteiger partial charge in [0.25, 0.3) is 0 Å². The lowest BCUT2D eigenvalue weighted by Gasteiger charge is -2.20. The van der Waals surface area contributed by atoms with Crippen LogP contribution in [-0.2, 0) is 0 Å². The highest BCUT2D eigenvalue weighted by atomic mass is 16.3. The van der Waals surface area contributed by atoms with E-state index >= 15 is 0 Å². The first-order chi connectivity index (χ1) is 7.70.